The van der Waals surface area contributed by atoms with Crippen LogP contribution in [0.25, 0.3) is 0 Å². The highest BCUT2D eigenvalue weighted by molar-refractivity contribution is 6.31. The summed E-state index contributed by atoms with van der Waals surface area (Å²) in [5, 5.41) is 9.41. The molecule has 0 aliphatic rings. The van der Waals surface area contributed by atoms with Crippen LogP contribution in [0.3, 0.4) is 0 Å². The largest absolute Gasteiger partial charge is 0.478 e. The molecule has 5 nitrogen and oxygen atoms in total. The van der Waals surface area contributed by atoms with E-state index in [2.05, 4.69) is 0 Å². The van der Waals surface area contributed by atoms with Crippen molar-refractivity contribution in [2.45, 2.75) is 32.8 Å². The Morgan fingerprint density at radius 3 is 2.60 bits per heavy atom. The van der Waals surface area contributed by atoms with Gasteiger partial charge < -0.3 is 14.6 Å². The molecule has 1 unspecified atom stereocenters. The van der Waals surface area contributed by atoms with Gasteiger partial charge in [-0.25, -0.2) is 9.59 Å². The van der Waals surface area contributed by atoms with E-state index in [1.807, 2.05) is 6.92 Å². The minimum atomic E-state index is -1.17. The van der Waals surface area contributed by atoms with Crippen molar-refractivity contribution in [3.63, 3.8) is 0 Å². The second-order valence-corrected chi connectivity index (χ2v) is 4.53. The Hall–Kier alpha value is -1.75. The molecular weight excluding hydrogens is 284 g/mol. The summed E-state index contributed by atoms with van der Waals surface area (Å²) in [7, 11) is 0. The predicted molar refractivity (Wildman–Crippen MR) is 74.4 cm³/mol. The van der Waals surface area contributed by atoms with E-state index in [0.717, 1.165) is 0 Å². The maximum Gasteiger partial charge on any atom is 0.347 e. The van der Waals surface area contributed by atoms with Gasteiger partial charge in [-0.05, 0) is 31.5 Å². The summed E-state index contributed by atoms with van der Waals surface area (Å²) < 4.78 is 10.4. The Kier molecular flexibility index (Phi) is 6.31. The predicted octanol–water partition coefficient (Wildman–Crippen LogP) is 3.15. The number of carboxylic acids is 1. The zero-order valence-corrected chi connectivity index (χ0v) is 12.1. The van der Waals surface area contributed by atoms with E-state index in [1.54, 1.807) is 6.92 Å². The zero-order valence-electron chi connectivity index (χ0n) is 11.4. The second-order valence-electron chi connectivity index (χ2n) is 4.09. The fraction of sp³-hybridized carbons (Fsp3) is 0.429. The Morgan fingerprint density at radius 2 is 2.05 bits per heavy atom. The van der Waals surface area contributed by atoms with E-state index in [9.17, 15) is 9.59 Å². The van der Waals surface area contributed by atoms with E-state index in [0.29, 0.717) is 12.8 Å². The lowest BCUT2D eigenvalue weighted by Gasteiger charge is -2.18. The molecule has 0 fully saturated rings. The zero-order chi connectivity index (χ0) is 15.1. The number of rotatable bonds is 7. The van der Waals surface area contributed by atoms with E-state index < -0.39 is 18.0 Å². The molecule has 0 aliphatic heterocycles. The molecule has 0 saturated carbocycles. The van der Waals surface area contributed by atoms with E-state index in [1.165, 1.54) is 18.2 Å². The smallest absolute Gasteiger partial charge is 0.347 e. The number of esters is 1. The molecule has 1 aromatic rings. The van der Waals surface area contributed by atoms with E-state index in [4.69, 9.17) is 26.2 Å². The number of carbonyl (C=O) groups is 2. The van der Waals surface area contributed by atoms with E-state index >= 15 is 0 Å². The van der Waals surface area contributed by atoms with Gasteiger partial charge in [-0.1, -0.05) is 24.9 Å². The van der Waals surface area contributed by atoms with Crippen LogP contribution < -0.4 is 4.74 Å². The fourth-order valence-electron chi connectivity index (χ4n) is 1.65. The summed E-state index contributed by atoms with van der Waals surface area (Å²) >= 11 is 5.76. The van der Waals surface area contributed by atoms with Gasteiger partial charge in [-0.3, -0.25) is 0 Å². The van der Waals surface area contributed by atoms with Crippen LogP contribution in [-0.4, -0.2) is 29.8 Å². The third kappa shape index (κ3) is 4.42. The highest BCUT2D eigenvalue weighted by atomic mass is 35.5. The number of carbonyl (C=O) groups excluding carboxylic acids is 1. The summed E-state index contributed by atoms with van der Waals surface area (Å²) in [6, 6.07) is 4.23. The van der Waals surface area contributed by atoms with Gasteiger partial charge in [0.05, 0.1) is 6.61 Å². The molecule has 0 bridgehead atoms. The van der Waals surface area contributed by atoms with Crippen LogP contribution in [0.5, 0.6) is 5.75 Å². The van der Waals surface area contributed by atoms with Crippen molar-refractivity contribution in [3.05, 3.63) is 28.8 Å². The number of ether oxygens (including phenoxy) is 2. The van der Waals surface area contributed by atoms with Crippen LogP contribution in [0.4, 0.5) is 0 Å². The van der Waals surface area contributed by atoms with Crippen molar-refractivity contribution in [1.29, 1.82) is 0 Å². The molecule has 20 heavy (non-hydrogen) atoms. The Bertz CT molecular complexity index is 486. The number of benzene rings is 1. The maximum absolute atomic E-state index is 11.8. The molecule has 1 aromatic carbocycles. The van der Waals surface area contributed by atoms with Crippen LogP contribution in [0, 0.1) is 0 Å². The monoisotopic (exact) mass is 300 g/mol. The molecule has 110 valence electrons. The Balaban J connectivity index is 2.98. The van der Waals surface area contributed by atoms with Crippen LogP contribution in [0.2, 0.25) is 5.02 Å². The first-order valence-electron chi connectivity index (χ1n) is 6.35. The van der Waals surface area contributed by atoms with Crippen LogP contribution in [0.15, 0.2) is 18.2 Å². The van der Waals surface area contributed by atoms with Gasteiger partial charge in [0.2, 0.25) is 0 Å². The third-order valence-electron chi connectivity index (χ3n) is 2.54. The molecule has 0 saturated heterocycles. The first-order chi connectivity index (χ1) is 9.49. The lowest BCUT2D eigenvalue weighted by Crippen LogP contribution is -2.29. The highest BCUT2D eigenvalue weighted by Crippen LogP contribution is 2.25. The Labute approximate surface area is 122 Å². The van der Waals surface area contributed by atoms with E-state index in [-0.39, 0.29) is 22.9 Å². The van der Waals surface area contributed by atoms with Gasteiger partial charge in [-0.2, -0.15) is 0 Å². The number of hydrogen-bond acceptors (Lipinski definition) is 4. The van der Waals surface area contributed by atoms with Gasteiger partial charge in [0.1, 0.15) is 11.3 Å². The number of hydrogen-bond donors (Lipinski definition) is 1. The molecule has 6 heteroatoms. The molecule has 0 aromatic heterocycles. The molecule has 0 spiro atoms. The molecule has 0 radical (unpaired) electrons. The van der Waals surface area contributed by atoms with Gasteiger partial charge in [0.25, 0.3) is 0 Å². The van der Waals surface area contributed by atoms with Gasteiger partial charge in [0.15, 0.2) is 6.10 Å². The highest BCUT2D eigenvalue weighted by Gasteiger charge is 2.23. The van der Waals surface area contributed by atoms with Crippen LogP contribution in [0.1, 0.15) is 37.0 Å². The molecule has 1 N–H and O–H groups in total. The average Bonchev–Trinajstić information content (AvgIpc) is 2.40. The van der Waals surface area contributed by atoms with Gasteiger partial charge in [-0.15, -0.1) is 0 Å². The Morgan fingerprint density at radius 1 is 1.35 bits per heavy atom. The minimum Gasteiger partial charge on any atom is -0.478 e. The molecule has 0 amide bonds. The number of halogens is 1. The molecule has 1 rings (SSSR count). The minimum absolute atomic E-state index is 0.0806. The van der Waals surface area contributed by atoms with Crippen LogP contribution >= 0.6 is 11.6 Å². The first kappa shape index (κ1) is 16.3. The fourth-order valence-corrected chi connectivity index (χ4v) is 1.82. The number of carboxylic acid groups (broad SMARTS) is 1. The lowest BCUT2D eigenvalue weighted by molar-refractivity contribution is -0.151. The summed E-state index contributed by atoms with van der Waals surface area (Å²) in [6.07, 6.45) is 0.333. The van der Waals surface area contributed by atoms with Gasteiger partial charge in [0, 0.05) is 5.02 Å². The lowest BCUT2D eigenvalue weighted by atomic mass is 10.1. The summed E-state index contributed by atoms with van der Waals surface area (Å²) in [4.78, 5) is 22.9. The SMILES string of the molecule is CCCC(Oc1ccc(Cl)cc1C(=O)O)C(=O)OCC. The number of aromatic carboxylic acids is 1. The molecular formula is C14H17ClO5. The van der Waals surface area contributed by atoms with Gasteiger partial charge >= 0.3 is 11.9 Å². The van der Waals surface area contributed by atoms with Crippen molar-refractivity contribution in [3.8, 4) is 5.75 Å². The van der Waals surface area contributed by atoms with Crippen molar-refractivity contribution in [2.24, 2.45) is 0 Å². The standard InChI is InChI=1S/C14H17ClO5/c1-3-5-12(14(18)19-4-2)20-11-7-6-9(15)8-10(11)13(16)17/h6-8,12H,3-5H2,1-2H3,(H,16,17). The van der Waals surface area contributed by atoms with Crippen LogP contribution in [-0.2, 0) is 9.53 Å². The normalized spacial score (nSPS) is 11.8. The van der Waals surface area contributed by atoms with Crippen molar-refractivity contribution < 1.29 is 24.2 Å². The average molecular weight is 301 g/mol. The quantitative estimate of drug-likeness (QED) is 0.783. The summed E-state index contributed by atoms with van der Waals surface area (Å²) in [5.74, 6) is -1.56. The van der Waals surface area contributed by atoms with Crippen molar-refractivity contribution in [1.82, 2.24) is 0 Å². The second kappa shape index (κ2) is 7.75. The molecule has 0 aliphatic carbocycles. The molecule has 0 heterocycles. The molecule has 1 atom stereocenters. The first-order valence-corrected chi connectivity index (χ1v) is 6.73. The van der Waals surface area contributed by atoms with Crippen molar-refractivity contribution in [2.75, 3.05) is 6.61 Å². The topological polar surface area (TPSA) is 72.8 Å². The summed E-state index contributed by atoms with van der Waals surface area (Å²) in [5.41, 5.74) is -0.0806. The third-order valence-corrected chi connectivity index (χ3v) is 2.78. The van der Waals surface area contributed by atoms with Crippen molar-refractivity contribution >= 4 is 23.5 Å². The maximum atomic E-state index is 11.8. The summed E-state index contributed by atoms with van der Waals surface area (Å²) in [6.45, 7) is 3.84.